The summed E-state index contributed by atoms with van der Waals surface area (Å²) in [7, 11) is 0. The Kier molecular flexibility index (Phi) is 2.70. The van der Waals surface area contributed by atoms with Crippen LogP contribution in [0.15, 0.2) is 24.3 Å². The minimum absolute atomic E-state index is 1.11. The van der Waals surface area contributed by atoms with Gasteiger partial charge in [0.2, 0.25) is 0 Å². The summed E-state index contributed by atoms with van der Waals surface area (Å²) in [5.41, 5.74) is 2.85. The Morgan fingerprint density at radius 1 is 0.812 bits per heavy atom. The van der Waals surface area contributed by atoms with Crippen LogP contribution in [0, 0.1) is 0 Å². The third-order valence-corrected chi connectivity index (χ3v) is 3.54. The van der Waals surface area contributed by atoms with Crippen molar-refractivity contribution in [3.8, 4) is 0 Å². The molecule has 0 amide bonds. The van der Waals surface area contributed by atoms with E-state index in [-0.39, 0.29) is 0 Å². The summed E-state index contributed by atoms with van der Waals surface area (Å²) >= 11 is 0. The zero-order valence-corrected chi connectivity index (χ0v) is 9.65. The van der Waals surface area contributed by atoms with E-state index in [1.165, 1.54) is 30.9 Å². The Bertz CT molecular complexity index is 354. The molecule has 3 rings (SSSR count). The first-order valence-electron chi connectivity index (χ1n) is 6.25. The van der Waals surface area contributed by atoms with E-state index in [0.29, 0.717) is 0 Å². The van der Waals surface area contributed by atoms with E-state index in [9.17, 15) is 0 Å². The fourth-order valence-electron chi connectivity index (χ4n) is 2.46. The van der Waals surface area contributed by atoms with Crippen molar-refractivity contribution in [1.29, 1.82) is 0 Å². The van der Waals surface area contributed by atoms with E-state index in [2.05, 4.69) is 39.4 Å². The second-order valence-corrected chi connectivity index (χ2v) is 4.57. The van der Waals surface area contributed by atoms with Crippen molar-refractivity contribution < 1.29 is 0 Å². The molecule has 0 bridgehead atoms. The van der Waals surface area contributed by atoms with Gasteiger partial charge in [0, 0.05) is 39.3 Å². The molecule has 2 aliphatic heterocycles. The molecular formula is C13H19N3. The van der Waals surface area contributed by atoms with E-state index < -0.39 is 0 Å². The van der Waals surface area contributed by atoms with Gasteiger partial charge < -0.3 is 15.1 Å². The lowest BCUT2D eigenvalue weighted by atomic mass is 10.1. The zero-order chi connectivity index (χ0) is 10.8. The van der Waals surface area contributed by atoms with Crippen LogP contribution >= 0.6 is 0 Å². The van der Waals surface area contributed by atoms with E-state index in [1.54, 1.807) is 0 Å². The van der Waals surface area contributed by atoms with Gasteiger partial charge in [-0.3, -0.25) is 0 Å². The smallest absolute Gasteiger partial charge is 0.0604 e. The van der Waals surface area contributed by atoms with Crippen LogP contribution in [-0.4, -0.2) is 39.3 Å². The van der Waals surface area contributed by atoms with E-state index in [0.717, 1.165) is 26.2 Å². The first-order valence-corrected chi connectivity index (χ1v) is 6.25. The predicted octanol–water partition coefficient (Wildman–Crippen LogP) is 1.31. The molecule has 0 saturated carbocycles. The minimum atomic E-state index is 1.11. The standard InChI is InChI=1S/C13H19N3/c1-2-5-13(16-10-6-14-7-11-16)12(4-1)15-8-3-9-15/h1-2,4-5,14H,3,6-11H2. The number of benzene rings is 1. The highest BCUT2D eigenvalue weighted by molar-refractivity contribution is 5.72. The maximum absolute atomic E-state index is 3.41. The molecule has 2 fully saturated rings. The Labute approximate surface area is 97.0 Å². The highest BCUT2D eigenvalue weighted by atomic mass is 15.2. The largest absolute Gasteiger partial charge is 0.370 e. The van der Waals surface area contributed by atoms with Gasteiger partial charge in [-0.05, 0) is 18.6 Å². The van der Waals surface area contributed by atoms with Gasteiger partial charge in [-0.25, -0.2) is 0 Å². The molecule has 0 unspecified atom stereocenters. The number of nitrogens with one attached hydrogen (secondary N) is 1. The monoisotopic (exact) mass is 217 g/mol. The molecule has 2 aliphatic rings. The zero-order valence-electron chi connectivity index (χ0n) is 9.65. The second kappa shape index (κ2) is 4.34. The highest BCUT2D eigenvalue weighted by Gasteiger charge is 2.20. The van der Waals surface area contributed by atoms with Gasteiger partial charge in [0.1, 0.15) is 0 Å². The number of para-hydroxylation sites is 2. The Morgan fingerprint density at radius 2 is 1.38 bits per heavy atom. The Balaban J connectivity index is 1.86. The third-order valence-electron chi connectivity index (χ3n) is 3.54. The fourth-order valence-corrected chi connectivity index (χ4v) is 2.46. The van der Waals surface area contributed by atoms with Crippen LogP contribution in [-0.2, 0) is 0 Å². The quantitative estimate of drug-likeness (QED) is 0.805. The van der Waals surface area contributed by atoms with Crippen molar-refractivity contribution in [3.05, 3.63) is 24.3 Å². The molecule has 1 aromatic rings. The van der Waals surface area contributed by atoms with Crippen molar-refractivity contribution in [2.24, 2.45) is 0 Å². The molecule has 0 atom stereocenters. The van der Waals surface area contributed by atoms with Crippen molar-refractivity contribution in [2.45, 2.75) is 6.42 Å². The van der Waals surface area contributed by atoms with Crippen LogP contribution < -0.4 is 15.1 Å². The highest BCUT2D eigenvalue weighted by Crippen LogP contribution is 2.32. The molecule has 1 N–H and O–H groups in total. The van der Waals surface area contributed by atoms with Gasteiger partial charge in [0.05, 0.1) is 11.4 Å². The number of anilines is 2. The van der Waals surface area contributed by atoms with Crippen molar-refractivity contribution in [2.75, 3.05) is 49.1 Å². The van der Waals surface area contributed by atoms with Crippen molar-refractivity contribution in [1.82, 2.24) is 5.32 Å². The van der Waals surface area contributed by atoms with Gasteiger partial charge in [0.15, 0.2) is 0 Å². The summed E-state index contributed by atoms with van der Waals surface area (Å²) in [5.74, 6) is 0. The molecule has 3 nitrogen and oxygen atoms in total. The van der Waals surface area contributed by atoms with E-state index in [4.69, 9.17) is 0 Å². The van der Waals surface area contributed by atoms with Crippen LogP contribution in [0.25, 0.3) is 0 Å². The molecule has 0 radical (unpaired) electrons. The molecule has 16 heavy (non-hydrogen) atoms. The fraction of sp³-hybridized carbons (Fsp3) is 0.538. The molecule has 2 saturated heterocycles. The number of hydrogen-bond donors (Lipinski definition) is 1. The summed E-state index contributed by atoms with van der Waals surface area (Å²) in [6.45, 7) is 6.92. The summed E-state index contributed by atoms with van der Waals surface area (Å²) < 4.78 is 0. The molecule has 0 spiro atoms. The molecule has 0 aliphatic carbocycles. The number of hydrogen-bond acceptors (Lipinski definition) is 3. The van der Waals surface area contributed by atoms with Crippen LogP contribution in [0.4, 0.5) is 11.4 Å². The molecule has 1 aromatic carbocycles. The van der Waals surface area contributed by atoms with Crippen LogP contribution in [0.2, 0.25) is 0 Å². The maximum atomic E-state index is 3.41. The van der Waals surface area contributed by atoms with Gasteiger partial charge >= 0.3 is 0 Å². The number of nitrogens with zero attached hydrogens (tertiary/aromatic N) is 2. The van der Waals surface area contributed by atoms with E-state index >= 15 is 0 Å². The summed E-state index contributed by atoms with van der Waals surface area (Å²) in [6, 6.07) is 8.83. The molecule has 86 valence electrons. The number of rotatable bonds is 2. The lowest BCUT2D eigenvalue weighted by molar-refractivity contribution is 0.582. The molecule has 2 heterocycles. The lowest BCUT2D eigenvalue weighted by Crippen LogP contribution is -2.45. The van der Waals surface area contributed by atoms with Gasteiger partial charge in [-0.1, -0.05) is 12.1 Å². The minimum Gasteiger partial charge on any atom is -0.370 e. The molecule has 3 heteroatoms. The topological polar surface area (TPSA) is 18.5 Å². The van der Waals surface area contributed by atoms with Crippen LogP contribution in [0.3, 0.4) is 0 Å². The van der Waals surface area contributed by atoms with Gasteiger partial charge in [0.25, 0.3) is 0 Å². The van der Waals surface area contributed by atoms with Crippen LogP contribution in [0.5, 0.6) is 0 Å². The third kappa shape index (κ3) is 1.76. The summed E-state index contributed by atoms with van der Waals surface area (Å²) in [5, 5.41) is 3.41. The first kappa shape index (κ1) is 9.97. The average Bonchev–Trinajstić information content (AvgIpc) is 2.29. The first-order chi connectivity index (χ1) is 7.95. The molecular weight excluding hydrogens is 198 g/mol. The maximum Gasteiger partial charge on any atom is 0.0604 e. The van der Waals surface area contributed by atoms with Crippen molar-refractivity contribution >= 4 is 11.4 Å². The second-order valence-electron chi connectivity index (χ2n) is 4.57. The summed E-state index contributed by atoms with van der Waals surface area (Å²) in [6.07, 6.45) is 1.34. The lowest BCUT2D eigenvalue weighted by Gasteiger charge is -2.38. The SMILES string of the molecule is c1ccc(N2CCNCC2)c(N2CCC2)c1. The Morgan fingerprint density at radius 3 is 1.88 bits per heavy atom. The van der Waals surface area contributed by atoms with Crippen LogP contribution in [0.1, 0.15) is 6.42 Å². The predicted molar refractivity (Wildman–Crippen MR) is 68.4 cm³/mol. The van der Waals surface area contributed by atoms with Crippen molar-refractivity contribution in [3.63, 3.8) is 0 Å². The van der Waals surface area contributed by atoms with Gasteiger partial charge in [-0.15, -0.1) is 0 Å². The number of piperazine rings is 1. The molecule has 0 aromatic heterocycles. The normalized spacial score (nSPS) is 20.8. The van der Waals surface area contributed by atoms with E-state index in [1.807, 2.05) is 0 Å². The van der Waals surface area contributed by atoms with Gasteiger partial charge in [-0.2, -0.15) is 0 Å². The Hall–Kier alpha value is -1.22. The average molecular weight is 217 g/mol. The summed E-state index contributed by atoms with van der Waals surface area (Å²) in [4.78, 5) is 4.99.